The third kappa shape index (κ3) is 1.67. The average molecular weight is 232 g/mol. The highest BCUT2D eigenvalue weighted by molar-refractivity contribution is 5.86. The first-order valence-corrected chi connectivity index (χ1v) is 5.97. The first kappa shape index (κ1) is 10.5. The number of anilines is 1. The molecule has 5 nitrogen and oxygen atoms in total. The van der Waals surface area contributed by atoms with Gasteiger partial charge in [0, 0.05) is 18.8 Å². The quantitative estimate of drug-likeness (QED) is 0.819. The largest absolute Gasteiger partial charge is 0.396 e. The molecule has 5 heteroatoms. The second kappa shape index (κ2) is 4.00. The maximum Gasteiger partial charge on any atom is 0.145 e. The van der Waals surface area contributed by atoms with E-state index in [4.69, 9.17) is 5.73 Å². The van der Waals surface area contributed by atoms with Crippen molar-refractivity contribution in [3.8, 4) is 0 Å². The van der Waals surface area contributed by atoms with Crippen molar-refractivity contribution in [3.63, 3.8) is 0 Å². The van der Waals surface area contributed by atoms with E-state index in [0.717, 1.165) is 30.3 Å². The predicted molar refractivity (Wildman–Crippen MR) is 65.4 cm³/mol. The maximum atomic E-state index is 9.18. The normalized spacial score (nSPS) is 24.5. The van der Waals surface area contributed by atoms with Crippen LogP contribution in [0.2, 0.25) is 0 Å². The highest BCUT2D eigenvalue weighted by Crippen LogP contribution is 2.36. The molecule has 2 atom stereocenters. The summed E-state index contributed by atoms with van der Waals surface area (Å²) in [5.41, 5.74) is 6.72. The van der Waals surface area contributed by atoms with Gasteiger partial charge in [0.15, 0.2) is 0 Å². The SMILES string of the molecule is Nc1ncnc2c1ccn2[C@@H]1CC[C@H](CO)C1. The lowest BCUT2D eigenvalue weighted by atomic mass is 10.1. The summed E-state index contributed by atoms with van der Waals surface area (Å²) in [4.78, 5) is 8.30. The Kier molecular flexibility index (Phi) is 2.48. The molecule has 2 aromatic rings. The van der Waals surface area contributed by atoms with Gasteiger partial charge in [-0.1, -0.05) is 0 Å². The molecule has 0 radical (unpaired) electrons. The Bertz CT molecular complexity index is 536. The summed E-state index contributed by atoms with van der Waals surface area (Å²) in [5.74, 6) is 0.960. The molecular formula is C12H16N4O. The Labute approximate surface area is 99.3 Å². The van der Waals surface area contributed by atoms with E-state index in [1.807, 2.05) is 12.3 Å². The van der Waals surface area contributed by atoms with Crippen molar-refractivity contribution in [3.05, 3.63) is 18.6 Å². The van der Waals surface area contributed by atoms with Crippen LogP contribution in [0.5, 0.6) is 0 Å². The average Bonchev–Trinajstić information content (AvgIpc) is 2.94. The first-order valence-electron chi connectivity index (χ1n) is 5.97. The minimum absolute atomic E-state index is 0.285. The van der Waals surface area contributed by atoms with Gasteiger partial charge in [-0.15, -0.1) is 0 Å². The minimum atomic E-state index is 0.285. The number of rotatable bonds is 2. The van der Waals surface area contributed by atoms with Crippen LogP contribution in [0, 0.1) is 5.92 Å². The summed E-state index contributed by atoms with van der Waals surface area (Å²) >= 11 is 0. The molecule has 0 aliphatic heterocycles. The molecule has 0 spiro atoms. The van der Waals surface area contributed by atoms with Crippen LogP contribution in [-0.2, 0) is 0 Å². The second-order valence-corrected chi connectivity index (χ2v) is 4.73. The molecule has 2 heterocycles. The van der Waals surface area contributed by atoms with Gasteiger partial charge in [0.05, 0.1) is 5.39 Å². The molecule has 90 valence electrons. The molecule has 1 aliphatic rings. The Hall–Kier alpha value is -1.62. The standard InChI is InChI=1S/C12H16N4O/c13-11-10-3-4-16(12(10)15-7-14-11)9-2-1-8(5-9)6-17/h3-4,7-9,17H,1-2,5-6H2,(H2,13,14,15)/t8-,9+/m0/s1. The van der Waals surface area contributed by atoms with Crippen molar-refractivity contribution in [2.45, 2.75) is 25.3 Å². The third-order valence-electron chi connectivity index (χ3n) is 3.71. The van der Waals surface area contributed by atoms with Crippen LogP contribution in [0.25, 0.3) is 11.0 Å². The third-order valence-corrected chi connectivity index (χ3v) is 3.71. The summed E-state index contributed by atoms with van der Waals surface area (Å²) in [7, 11) is 0. The van der Waals surface area contributed by atoms with E-state index in [9.17, 15) is 5.11 Å². The molecule has 1 saturated carbocycles. The highest BCUT2D eigenvalue weighted by Gasteiger charge is 2.26. The van der Waals surface area contributed by atoms with Gasteiger partial charge in [0.2, 0.25) is 0 Å². The van der Waals surface area contributed by atoms with Gasteiger partial charge in [-0.05, 0) is 31.2 Å². The Morgan fingerprint density at radius 1 is 1.41 bits per heavy atom. The topological polar surface area (TPSA) is 77.0 Å². The van der Waals surface area contributed by atoms with Gasteiger partial charge in [-0.2, -0.15) is 0 Å². The smallest absolute Gasteiger partial charge is 0.145 e. The number of aliphatic hydroxyl groups is 1. The lowest BCUT2D eigenvalue weighted by Gasteiger charge is -2.13. The molecule has 1 aliphatic carbocycles. The predicted octanol–water partition coefficient (Wildman–Crippen LogP) is 1.35. The Morgan fingerprint density at radius 2 is 2.29 bits per heavy atom. The van der Waals surface area contributed by atoms with Crippen molar-refractivity contribution in [1.29, 1.82) is 0 Å². The van der Waals surface area contributed by atoms with E-state index in [2.05, 4.69) is 14.5 Å². The summed E-state index contributed by atoms with van der Waals surface area (Å²) in [6.07, 6.45) is 6.73. The van der Waals surface area contributed by atoms with Gasteiger partial charge in [0.25, 0.3) is 0 Å². The molecule has 2 aromatic heterocycles. The molecule has 0 bridgehead atoms. The van der Waals surface area contributed by atoms with Crippen LogP contribution in [0.3, 0.4) is 0 Å². The van der Waals surface area contributed by atoms with Crippen LogP contribution in [0.1, 0.15) is 25.3 Å². The zero-order chi connectivity index (χ0) is 11.8. The molecule has 0 aromatic carbocycles. The molecule has 0 saturated heterocycles. The van der Waals surface area contributed by atoms with Gasteiger partial charge in [-0.25, -0.2) is 9.97 Å². The summed E-state index contributed by atoms with van der Waals surface area (Å²) in [6.45, 7) is 0.285. The molecule has 17 heavy (non-hydrogen) atoms. The Morgan fingerprint density at radius 3 is 3.06 bits per heavy atom. The highest BCUT2D eigenvalue weighted by atomic mass is 16.3. The van der Waals surface area contributed by atoms with Crippen LogP contribution in [-0.4, -0.2) is 26.2 Å². The molecule has 0 amide bonds. The fourth-order valence-electron chi connectivity index (χ4n) is 2.75. The van der Waals surface area contributed by atoms with Crippen molar-refractivity contribution in [1.82, 2.24) is 14.5 Å². The van der Waals surface area contributed by atoms with E-state index >= 15 is 0 Å². The van der Waals surface area contributed by atoms with Crippen LogP contribution >= 0.6 is 0 Å². The fourth-order valence-corrected chi connectivity index (χ4v) is 2.75. The van der Waals surface area contributed by atoms with Crippen molar-refractivity contribution in [2.75, 3.05) is 12.3 Å². The number of aliphatic hydroxyl groups excluding tert-OH is 1. The zero-order valence-electron chi connectivity index (χ0n) is 9.58. The van der Waals surface area contributed by atoms with Gasteiger partial charge in [0.1, 0.15) is 17.8 Å². The number of nitrogens with zero attached hydrogens (tertiary/aromatic N) is 3. The monoisotopic (exact) mass is 232 g/mol. The van der Waals surface area contributed by atoms with E-state index in [1.165, 1.54) is 6.33 Å². The van der Waals surface area contributed by atoms with E-state index < -0.39 is 0 Å². The van der Waals surface area contributed by atoms with Gasteiger partial charge in [-0.3, -0.25) is 0 Å². The van der Waals surface area contributed by atoms with Gasteiger partial charge >= 0.3 is 0 Å². The van der Waals surface area contributed by atoms with Crippen molar-refractivity contribution < 1.29 is 5.11 Å². The minimum Gasteiger partial charge on any atom is -0.396 e. The van der Waals surface area contributed by atoms with E-state index in [1.54, 1.807) is 0 Å². The molecule has 1 fully saturated rings. The fraction of sp³-hybridized carbons (Fsp3) is 0.500. The number of hydrogen-bond acceptors (Lipinski definition) is 4. The number of fused-ring (bicyclic) bond motifs is 1. The van der Waals surface area contributed by atoms with E-state index in [-0.39, 0.29) is 6.61 Å². The summed E-state index contributed by atoms with van der Waals surface area (Å²) in [6, 6.07) is 2.40. The molecule has 3 rings (SSSR count). The molecular weight excluding hydrogens is 216 g/mol. The summed E-state index contributed by atoms with van der Waals surface area (Å²) < 4.78 is 2.17. The number of nitrogens with two attached hydrogens (primary N) is 1. The van der Waals surface area contributed by atoms with Crippen LogP contribution in [0.4, 0.5) is 5.82 Å². The summed E-state index contributed by atoms with van der Waals surface area (Å²) in [5, 5.41) is 10.1. The van der Waals surface area contributed by atoms with E-state index in [0.29, 0.717) is 17.8 Å². The number of aromatic nitrogens is 3. The zero-order valence-corrected chi connectivity index (χ0v) is 9.58. The van der Waals surface area contributed by atoms with Crippen LogP contribution < -0.4 is 5.73 Å². The van der Waals surface area contributed by atoms with Gasteiger partial charge < -0.3 is 15.4 Å². The Balaban J connectivity index is 1.99. The number of nitrogen functional groups attached to an aromatic ring is 1. The van der Waals surface area contributed by atoms with Crippen LogP contribution in [0.15, 0.2) is 18.6 Å². The second-order valence-electron chi connectivity index (χ2n) is 4.73. The molecule has 0 unspecified atom stereocenters. The lowest BCUT2D eigenvalue weighted by molar-refractivity contribution is 0.226. The van der Waals surface area contributed by atoms with Crippen molar-refractivity contribution >= 4 is 16.9 Å². The first-order chi connectivity index (χ1) is 8.29. The maximum absolute atomic E-state index is 9.18. The lowest BCUT2D eigenvalue weighted by Crippen LogP contribution is -2.07. The number of hydrogen-bond donors (Lipinski definition) is 2. The molecule has 3 N–H and O–H groups in total. The van der Waals surface area contributed by atoms with Crippen molar-refractivity contribution in [2.24, 2.45) is 5.92 Å².